The number of anilines is 2. The Labute approximate surface area is 146 Å². The van der Waals surface area contributed by atoms with Crippen molar-refractivity contribution in [1.82, 2.24) is 14.6 Å². The molecule has 7 nitrogen and oxygen atoms in total. The summed E-state index contributed by atoms with van der Waals surface area (Å²) in [5.74, 6) is -0.389. The van der Waals surface area contributed by atoms with Crippen molar-refractivity contribution in [2.45, 2.75) is 18.9 Å². The molecular weight excluding hydrogens is 344 g/mol. The second-order valence-corrected chi connectivity index (χ2v) is 6.06. The highest BCUT2D eigenvalue weighted by Gasteiger charge is 2.30. The van der Waals surface area contributed by atoms with E-state index in [1.165, 1.54) is 16.8 Å². The Bertz CT molecular complexity index is 990. The Morgan fingerprint density at radius 1 is 1.31 bits per heavy atom. The quantitative estimate of drug-likeness (QED) is 0.749. The van der Waals surface area contributed by atoms with Gasteiger partial charge in [0.2, 0.25) is 0 Å². The van der Waals surface area contributed by atoms with Gasteiger partial charge in [0.25, 0.3) is 0 Å². The van der Waals surface area contributed by atoms with Gasteiger partial charge in [-0.25, -0.2) is 23.1 Å². The SMILES string of the molecule is O=C(O)Nc1cnn2ccc(N3CCC[C@@H]3c3cc(F)ccc3F)nc12. The standard InChI is InChI=1S/C17H15F2N5O2/c18-10-3-4-12(19)11(8-10)14-2-1-6-23(14)15-5-7-24-16(22-15)13(9-20-24)21-17(25)26/h3-5,7-9,14,21H,1-2,6H2,(H,25,26)/t14-/m1/s1. The van der Waals surface area contributed by atoms with E-state index in [-0.39, 0.29) is 11.7 Å². The smallest absolute Gasteiger partial charge is 0.409 e. The van der Waals surface area contributed by atoms with Crippen LogP contribution in [0, 0.1) is 11.6 Å². The maximum atomic E-state index is 14.2. The van der Waals surface area contributed by atoms with Crippen molar-refractivity contribution in [3.05, 3.63) is 53.9 Å². The van der Waals surface area contributed by atoms with Gasteiger partial charge in [0.15, 0.2) is 5.65 Å². The topological polar surface area (TPSA) is 82.8 Å². The van der Waals surface area contributed by atoms with E-state index in [9.17, 15) is 13.6 Å². The van der Waals surface area contributed by atoms with Crippen molar-refractivity contribution in [2.24, 2.45) is 0 Å². The van der Waals surface area contributed by atoms with Crippen LogP contribution in [0.5, 0.6) is 0 Å². The van der Waals surface area contributed by atoms with E-state index in [0.29, 0.717) is 30.0 Å². The molecule has 4 rings (SSSR count). The third kappa shape index (κ3) is 2.81. The van der Waals surface area contributed by atoms with Gasteiger partial charge < -0.3 is 10.0 Å². The van der Waals surface area contributed by atoms with Crippen LogP contribution in [0.15, 0.2) is 36.7 Å². The van der Waals surface area contributed by atoms with Crippen molar-refractivity contribution in [3.8, 4) is 0 Å². The second-order valence-electron chi connectivity index (χ2n) is 6.06. The Morgan fingerprint density at radius 2 is 2.15 bits per heavy atom. The molecule has 3 aromatic rings. The fourth-order valence-electron chi connectivity index (χ4n) is 3.36. The van der Waals surface area contributed by atoms with Gasteiger partial charge in [-0.2, -0.15) is 5.10 Å². The zero-order chi connectivity index (χ0) is 18.3. The van der Waals surface area contributed by atoms with Gasteiger partial charge in [-0.15, -0.1) is 0 Å². The molecule has 0 bridgehead atoms. The Hall–Kier alpha value is -3.23. The molecule has 1 aliphatic rings. The van der Waals surface area contributed by atoms with Gasteiger partial charge >= 0.3 is 6.09 Å². The monoisotopic (exact) mass is 359 g/mol. The van der Waals surface area contributed by atoms with E-state index in [1.54, 1.807) is 12.3 Å². The molecule has 9 heteroatoms. The average molecular weight is 359 g/mol. The molecule has 1 aliphatic heterocycles. The number of halogens is 2. The highest BCUT2D eigenvalue weighted by atomic mass is 19.1. The maximum Gasteiger partial charge on any atom is 0.409 e. The lowest BCUT2D eigenvalue weighted by Crippen LogP contribution is -2.24. The van der Waals surface area contributed by atoms with E-state index < -0.39 is 17.7 Å². The predicted octanol–water partition coefficient (Wildman–Crippen LogP) is 3.44. The molecule has 134 valence electrons. The first-order chi connectivity index (χ1) is 12.5. The number of benzene rings is 1. The molecule has 3 heterocycles. The van der Waals surface area contributed by atoms with Crippen LogP contribution in [0.25, 0.3) is 5.65 Å². The molecular formula is C17H15F2N5O2. The lowest BCUT2D eigenvalue weighted by atomic mass is 10.0. The number of nitrogens with zero attached hydrogens (tertiary/aromatic N) is 4. The average Bonchev–Trinajstić information content (AvgIpc) is 3.23. The van der Waals surface area contributed by atoms with Crippen molar-refractivity contribution in [2.75, 3.05) is 16.8 Å². The highest BCUT2D eigenvalue weighted by molar-refractivity contribution is 5.88. The number of hydrogen-bond donors (Lipinski definition) is 2. The minimum atomic E-state index is -1.21. The van der Waals surface area contributed by atoms with Gasteiger partial charge in [-0.05, 0) is 37.1 Å². The fourth-order valence-corrected chi connectivity index (χ4v) is 3.36. The lowest BCUT2D eigenvalue weighted by molar-refractivity contribution is 0.210. The number of nitrogens with one attached hydrogen (secondary N) is 1. The summed E-state index contributed by atoms with van der Waals surface area (Å²) in [5.41, 5.74) is 0.892. The first-order valence-electron chi connectivity index (χ1n) is 8.09. The molecule has 26 heavy (non-hydrogen) atoms. The molecule has 1 aromatic carbocycles. The summed E-state index contributed by atoms with van der Waals surface area (Å²) in [6.07, 6.45) is 3.29. The minimum Gasteiger partial charge on any atom is -0.465 e. The van der Waals surface area contributed by atoms with Gasteiger partial charge in [0.05, 0.1) is 12.2 Å². The Kier molecular flexibility index (Phi) is 3.90. The van der Waals surface area contributed by atoms with Crippen molar-refractivity contribution >= 4 is 23.2 Å². The number of amides is 1. The number of carboxylic acid groups (broad SMARTS) is 1. The molecule has 2 N–H and O–H groups in total. The molecule has 0 saturated carbocycles. The van der Waals surface area contributed by atoms with E-state index in [2.05, 4.69) is 15.4 Å². The molecule has 1 amide bonds. The van der Waals surface area contributed by atoms with Crippen LogP contribution in [0.4, 0.5) is 25.1 Å². The molecule has 0 aliphatic carbocycles. The molecule has 1 fully saturated rings. The fraction of sp³-hybridized carbons (Fsp3) is 0.235. The molecule has 0 radical (unpaired) electrons. The normalized spacial score (nSPS) is 17.0. The molecule has 0 unspecified atom stereocenters. The third-order valence-electron chi connectivity index (χ3n) is 4.46. The van der Waals surface area contributed by atoms with Crippen LogP contribution in [0.2, 0.25) is 0 Å². The zero-order valence-electron chi connectivity index (χ0n) is 13.6. The maximum absolute atomic E-state index is 14.2. The number of carbonyl (C=O) groups is 1. The summed E-state index contributed by atoms with van der Waals surface area (Å²) in [5, 5.41) is 15.2. The summed E-state index contributed by atoms with van der Waals surface area (Å²) < 4.78 is 29.3. The van der Waals surface area contributed by atoms with E-state index >= 15 is 0 Å². The van der Waals surface area contributed by atoms with Crippen LogP contribution >= 0.6 is 0 Å². The first-order valence-corrected chi connectivity index (χ1v) is 8.09. The van der Waals surface area contributed by atoms with E-state index in [0.717, 1.165) is 18.6 Å². The van der Waals surface area contributed by atoms with E-state index in [1.807, 2.05) is 4.90 Å². The minimum absolute atomic E-state index is 0.257. The Morgan fingerprint density at radius 3 is 2.96 bits per heavy atom. The molecule has 1 saturated heterocycles. The van der Waals surface area contributed by atoms with Crippen LogP contribution in [0.1, 0.15) is 24.4 Å². The zero-order valence-corrected chi connectivity index (χ0v) is 13.6. The lowest BCUT2D eigenvalue weighted by Gasteiger charge is -2.26. The molecule has 2 aromatic heterocycles. The van der Waals surface area contributed by atoms with E-state index in [4.69, 9.17) is 5.11 Å². The second kappa shape index (κ2) is 6.25. The summed E-state index contributed by atoms with van der Waals surface area (Å²) in [6.45, 7) is 0.639. The van der Waals surface area contributed by atoms with Crippen molar-refractivity contribution in [1.29, 1.82) is 0 Å². The van der Waals surface area contributed by atoms with Crippen LogP contribution < -0.4 is 10.2 Å². The predicted molar refractivity (Wildman–Crippen MR) is 90.3 cm³/mol. The van der Waals surface area contributed by atoms with Crippen LogP contribution in [0.3, 0.4) is 0 Å². The van der Waals surface area contributed by atoms with Crippen LogP contribution in [-0.2, 0) is 0 Å². The van der Waals surface area contributed by atoms with Gasteiger partial charge in [0, 0.05) is 18.3 Å². The molecule has 1 atom stereocenters. The summed E-state index contributed by atoms with van der Waals surface area (Å²) >= 11 is 0. The van der Waals surface area contributed by atoms with Gasteiger partial charge in [-0.1, -0.05) is 0 Å². The first kappa shape index (κ1) is 16.2. The van der Waals surface area contributed by atoms with Crippen molar-refractivity contribution < 1.29 is 18.7 Å². The largest absolute Gasteiger partial charge is 0.465 e. The Balaban J connectivity index is 1.73. The van der Waals surface area contributed by atoms with Gasteiger partial charge in [0.1, 0.15) is 23.1 Å². The number of fused-ring (bicyclic) bond motifs is 1. The summed E-state index contributed by atoms with van der Waals surface area (Å²) in [7, 11) is 0. The number of hydrogen-bond acceptors (Lipinski definition) is 4. The van der Waals surface area contributed by atoms with Crippen molar-refractivity contribution in [3.63, 3.8) is 0 Å². The third-order valence-corrected chi connectivity index (χ3v) is 4.46. The summed E-state index contributed by atoms with van der Waals surface area (Å²) in [6, 6.07) is 4.83. The number of rotatable bonds is 3. The summed E-state index contributed by atoms with van der Waals surface area (Å²) in [4.78, 5) is 17.3. The number of aromatic nitrogens is 3. The van der Waals surface area contributed by atoms with Crippen LogP contribution in [-0.4, -0.2) is 32.3 Å². The van der Waals surface area contributed by atoms with Gasteiger partial charge in [-0.3, -0.25) is 5.32 Å². The highest BCUT2D eigenvalue weighted by Crippen LogP contribution is 2.37. The molecule has 0 spiro atoms.